The molecule has 2 rings (SSSR count). The van der Waals surface area contributed by atoms with Crippen LogP contribution in [0.3, 0.4) is 0 Å². The molecule has 0 aliphatic carbocycles. The van der Waals surface area contributed by atoms with Gasteiger partial charge in [0.15, 0.2) is 0 Å². The highest BCUT2D eigenvalue weighted by Gasteiger charge is 2.02. The van der Waals surface area contributed by atoms with Crippen LogP contribution in [0.5, 0.6) is 5.75 Å². The average molecular weight is 342 g/mol. The molecule has 8 heteroatoms. The van der Waals surface area contributed by atoms with Crippen molar-refractivity contribution in [2.75, 3.05) is 5.32 Å². The van der Waals surface area contributed by atoms with E-state index in [1.807, 2.05) is 0 Å². The summed E-state index contributed by atoms with van der Waals surface area (Å²) in [5.74, 6) is 0.114. The first-order valence-corrected chi connectivity index (χ1v) is 7.34. The maximum atomic E-state index is 10.8. The smallest absolute Gasteiger partial charge is 0.308 e. The van der Waals surface area contributed by atoms with Crippen molar-refractivity contribution in [2.24, 2.45) is 5.11 Å². The van der Waals surface area contributed by atoms with Crippen molar-refractivity contribution in [3.8, 4) is 5.75 Å². The van der Waals surface area contributed by atoms with E-state index in [-0.39, 0.29) is 17.8 Å². The van der Waals surface area contributed by atoms with Crippen molar-refractivity contribution in [2.45, 2.75) is 13.5 Å². The Morgan fingerprint density at radius 2 is 1.88 bits per heavy atom. The number of ether oxygens (including phenoxy) is 2. The number of carbonyl (C=O) groups is 1. The normalized spacial score (nSPS) is 9.54. The summed E-state index contributed by atoms with van der Waals surface area (Å²) in [5, 5.41) is 6.63. The summed E-state index contributed by atoms with van der Waals surface area (Å²) < 4.78 is 10.4. The summed E-state index contributed by atoms with van der Waals surface area (Å²) >= 11 is 5.12. The van der Waals surface area contributed by atoms with Crippen LogP contribution < -0.4 is 10.1 Å². The second-order valence-corrected chi connectivity index (χ2v) is 5.05. The van der Waals surface area contributed by atoms with Gasteiger partial charge in [-0.3, -0.25) is 4.79 Å². The number of azide groups is 1. The summed E-state index contributed by atoms with van der Waals surface area (Å²) in [6.45, 7) is 1.63. The molecular weight excluding hydrogens is 328 g/mol. The molecule has 0 aliphatic rings. The van der Waals surface area contributed by atoms with E-state index in [1.165, 1.54) is 6.92 Å². The van der Waals surface area contributed by atoms with Crippen molar-refractivity contribution < 1.29 is 14.3 Å². The largest absolute Gasteiger partial charge is 0.466 e. The Morgan fingerprint density at radius 3 is 2.46 bits per heavy atom. The van der Waals surface area contributed by atoms with E-state index < -0.39 is 0 Å². The third-order valence-electron chi connectivity index (χ3n) is 2.83. The summed E-state index contributed by atoms with van der Waals surface area (Å²) in [5.41, 5.74) is 10.5. The minimum Gasteiger partial charge on any atom is -0.466 e. The Morgan fingerprint density at radius 1 is 1.21 bits per heavy atom. The number of thiocarbonyl (C=S) groups is 1. The molecule has 0 aliphatic heterocycles. The van der Waals surface area contributed by atoms with Crippen LogP contribution in [0, 0.1) is 0 Å². The highest BCUT2D eigenvalue weighted by molar-refractivity contribution is 7.80. The molecule has 0 atom stereocenters. The lowest BCUT2D eigenvalue weighted by atomic mass is 10.2. The number of hydrogen-bond donors (Lipinski definition) is 1. The summed E-state index contributed by atoms with van der Waals surface area (Å²) in [4.78, 5) is 13.6. The van der Waals surface area contributed by atoms with Crippen molar-refractivity contribution >= 4 is 34.7 Å². The number of esters is 1. The molecule has 7 nitrogen and oxygen atoms in total. The number of anilines is 1. The van der Waals surface area contributed by atoms with Gasteiger partial charge in [0.25, 0.3) is 5.17 Å². The number of hydrogen-bond acceptors (Lipinski definition) is 5. The van der Waals surface area contributed by atoms with Crippen LogP contribution in [-0.2, 0) is 16.1 Å². The third-order valence-corrected chi connectivity index (χ3v) is 3.05. The molecule has 0 saturated carbocycles. The molecule has 0 unspecified atom stereocenters. The van der Waals surface area contributed by atoms with Crippen LogP contribution in [0.2, 0.25) is 0 Å². The Kier molecular flexibility index (Phi) is 6.13. The van der Waals surface area contributed by atoms with Gasteiger partial charge in [0.05, 0.1) is 0 Å². The maximum Gasteiger partial charge on any atom is 0.308 e. The fourth-order valence-electron chi connectivity index (χ4n) is 1.79. The summed E-state index contributed by atoms with van der Waals surface area (Å²) in [6, 6.07) is 13.7. The number of nitrogens with one attached hydrogen (secondary N) is 1. The first kappa shape index (κ1) is 17.3. The lowest BCUT2D eigenvalue weighted by Gasteiger charge is -2.10. The first-order chi connectivity index (χ1) is 11.6. The number of nitrogens with zero attached hydrogens (tertiary/aromatic N) is 3. The van der Waals surface area contributed by atoms with Crippen LogP contribution in [0.4, 0.5) is 11.4 Å². The van der Waals surface area contributed by atoms with Crippen molar-refractivity contribution in [1.29, 1.82) is 0 Å². The number of rotatable bonds is 5. The van der Waals surface area contributed by atoms with E-state index in [9.17, 15) is 4.79 Å². The van der Waals surface area contributed by atoms with Crippen molar-refractivity contribution in [3.63, 3.8) is 0 Å². The second-order valence-electron chi connectivity index (χ2n) is 4.68. The maximum absolute atomic E-state index is 10.8. The monoisotopic (exact) mass is 342 g/mol. The predicted molar refractivity (Wildman–Crippen MR) is 94.0 cm³/mol. The highest BCUT2D eigenvalue weighted by atomic mass is 32.1. The molecule has 0 heterocycles. The van der Waals surface area contributed by atoms with E-state index >= 15 is 0 Å². The van der Waals surface area contributed by atoms with E-state index in [4.69, 9.17) is 27.2 Å². The molecule has 0 aromatic heterocycles. The van der Waals surface area contributed by atoms with Crippen molar-refractivity contribution in [1.82, 2.24) is 0 Å². The van der Waals surface area contributed by atoms with E-state index in [1.54, 1.807) is 48.5 Å². The lowest BCUT2D eigenvalue weighted by Crippen LogP contribution is -2.13. The molecule has 122 valence electrons. The Labute approximate surface area is 143 Å². The first-order valence-electron chi connectivity index (χ1n) is 6.93. The molecule has 1 N–H and O–H groups in total. The van der Waals surface area contributed by atoms with Crippen molar-refractivity contribution in [3.05, 3.63) is 64.5 Å². The Bertz CT molecular complexity index is 769. The topological polar surface area (TPSA) is 96.3 Å². The standard InChI is InChI=1S/C16H14N4O3S/c1-11(21)23-15-8-2-12(3-9-15)10-22-16(24)18-13-4-6-14(7-5-13)19-20-17/h2-9H,10H2,1H3,(H,18,24). The SMILES string of the molecule is CC(=O)Oc1ccc(COC(=S)Nc2ccc(N=[N+]=[N-])cc2)cc1. The molecule has 0 bridgehead atoms. The molecular formula is C16H14N4O3S. The van der Waals surface area contributed by atoms with Gasteiger partial charge in [-0.25, -0.2) is 0 Å². The molecule has 0 amide bonds. The lowest BCUT2D eigenvalue weighted by molar-refractivity contribution is -0.131. The molecule has 2 aromatic carbocycles. The molecule has 2 aromatic rings. The molecule has 0 radical (unpaired) electrons. The Balaban J connectivity index is 1.84. The van der Waals surface area contributed by atoms with Gasteiger partial charge in [0.2, 0.25) is 0 Å². The number of carbonyl (C=O) groups excluding carboxylic acids is 1. The molecule has 0 saturated heterocycles. The molecule has 24 heavy (non-hydrogen) atoms. The Hall–Kier alpha value is -3.09. The van der Waals surface area contributed by atoms with Crippen LogP contribution in [0.1, 0.15) is 12.5 Å². The molecule has 0 spiro atoms. The van der Waals surface area contributed by atoms with Gasteiger partial charge in [0, 0.05) is 23.2 Å². The van der Waals surface area contributed by atoms with E-state index in [0.717, 1.165) is 11.3 Å². The minimum absolute atomic E-state index is 0.218. The van der Waals surface area contributed by atoms with Gasteiger partial charge in [0.1, 0.15) is 12.4 Å². The van der Waals surface area contributed by atoms with Crippen LogP contribution in [0.15, 0.2) is 53.6 Å². The fourth-order valence-corrected chi connectivity index (χ4v) is 1.96. The van der Waals surface area contributed by atoms with Crippen LogP contribution in [0.25, 0.3) is 10.4 Å². The number of benzene rings is 2. The second kappa shape index (κ2) is 8.52. The van der Waals surface area contributed by atoms with E-state index in [0.29, 0.717) is 11.4 Å². The minimum atomic E-state index is -0.365. The van der Waals surface area contributed by atoms with Gasteiger partial charge in [-0.1, -0.05) is 29.4 Å². The quantitative estimate of drug-likeness (QED) is 0.216. The van der Waals surface area contributed by atoms with Gasteiger partial charge in [-0.2, -0.15) is 0 Å². The van der Waals surface area contributed by atoms with E-state index in [2.05, 4.69) is 15.3 Å². The average Bonchev–Trinajstić information content (AvgIpc) is 2.56. The van der Waals surface area contributed by atoms with Gasteiger partial charge >= 0.3 is 5.97 Å². The van der Waals surface area contributed by atoms with Gasteiger partial charge in [-0.05, 0) is 47.6 Å². The zero-order chi connectivity index (χ0) is 17.4. The fraction of sp³-hybridized carbons (Fsp3) is 0.125. The highest BCUT2D eigenvalue weighted by Crippen LogP contribution is 2.17. The summed E-state index contributed by atoms with van der Waals surface area (Å²) in [7, 11) is 0. The predicted octanol–water partition coefficient (Wildman–Crippen LogP) is 4.47. The zero-order valence-corrected chi connectivity index (χ0v) is 13.6. The zero-order valence-electron chi connectivity index (χ0n) is 12.8. The van der Waals surface area contributed by atoms with Gasteiger partial charge in [-0.15, -0.1) is 0 Å². The van der Waals surface area contributed by atoms with Crippen LogP contribution >= 0.6 is 12.2 Å². The summed E-state index contributed by atoms with van der Waals surface area (Å²) in [6.07, 6.45) is 0. The molecule has 0 fully saturated rings. The van der Waals surface area contributed by atoms with Crippen LogP contribution in [-0.4, -0.2) is 11.1 Å². The third kappa shape index (κ3) is 5.60. The van der Waals surface area contributed by atoms with Gasteiger partial charge < -0.3 is 14.8 Å².